The largest absolute Gasteiger partial charge is 0.434 e. The van der Waals surface area contributed by atoms with Gasteiger partial charge >= 0.3 is 6.61 Å². The molecule has 1 aromatic heterocycles. The number of hydrogen-bond acceptors (Lipinski definition) is 6. The van der Waals surface area contributed by atoms with E-state index in [9.17, 15) is 13.6 Å². The second-order valence-corrected chi connectivity index (χ2v) is 8.59. The molecule has 2 fully saturated rings. The molecule has 0 radical (unpaired) electrons. The first kappa shape index (κ1) is 22.6. The Morgan fingerprint density at radius 2 is 1.88 bits per heavy atom. The smallest absolute Gasteiger partial charge is 0.387 e. The summed E-state index contributed by atoms with van der Waals surface area (Å²) in [5.74, 6) is 1.61. The van der Waals surface area contributed by atoms with Crippen LogP contribution in [0.1, 0.15) is 50.8 Å². The van der Waals surface area contributed by atoms with Gasteiger partial charge in [-0.3, -0.25) is 9.69 Å². The maximum Gasteiger partial charge on any atom is 0.387 e. The Hall–Kier alpha value is -2.55. The van der Waals surface area contributed by atoms with Crippen LogP contribution < -0.4 is 4.74 Å². The van der Waals surface area contributed by atoms with Gasteiger partial charge in [0.25, 0.3) is 0 Å². The van der Waals surface area contributed by atoms with Gasteiger partial charge in [-0.05, 0) is 24.5 Å². The monoisotopic (exact) mass is 448 g/mol. The Balaban J connectivity index is 1.25. The van der Waals surface area contributed by atoms with Gasteiger partial charge in [-0.1, -0.05) is 49.4 Å². The Kier molecular flexibility index (Phi) is 7.68. The first-order chi connectivity index (χ1) is 15.6. The van der Waals surface area contributed by atoms with Crippen molar-refractivity contribution >= 4 is 5.91 Å². The van der Waals surface area contributed by atoms with Crippen LogP contribution in [0.5, 0.6) is 5.75 Å². The molecule has 0 N–H and O–H groups in total. The molecule has 0 unspecified atom stereocenters. The molecule has 1 aliphatic carbocycles. The van der Waals surface area contributed by atoms with Crippen LogP contribution in [0, 0.1) is 5.92 Å². The first-order valence-electron chi connectivity index (χ1n) is 11.5. The van der Waals surface area contributed by atoms with Gasteiger partial charge in [0.2, 0.25) is 17.6 Å². The molecule has 0 spiro atoms. The van der Waals surface area contributed by atoms with Crippen LogP contribution in [0.3, 0.4) is 0 Å². The summed E-state index contributed by atoms with van der Waals surface area (Å²) < 4.78 is 35.2. The van der Waals surface area contributed by atoms with E-state index < -0.39 is 6.61 Å². The van der Waals surface area contributed by atoms with Crippen LogP contribution in [0.25, 0.3) is 11.4 Å². The number of halogens is 2. The zero-order valence-corrected chi connectivity index (χ0v) is 18.2. The number of benzene rings is 1. The van der Waals surface area contributed by atoms with Crippen molar-refractivity contribution in [3.63, 3.8) is 0 Å². The zero-order chi connectivity index (χ0) is 22.3. The van der Waals surface area contributed by atoms with E-state index >= 15 is 0 Å². The van der Waals surface area contributed by atoms with E-state index in [0.717, 1.165) is 25.4 Å². The van der Waals surface area contributed by atoms with Gasteiger partial charge in [0, 0.05) is 32.6 Å². The number of nitrogens with zero attached hydrogens (tertiary/aromatic N) is 4. The number of amides is 1. The lowest BCUT2D eigenvalue weighted by atomic mass is 9.86. The van der Waals surface area contributed by atoms with Crippen LogP contribution in [0.4, 0.5) is 8.78 Å². The minimum Gasteiger partial charge on any atom is -0.434 e. The summed E-state index contributed by atoms with van der Waals surface area (Å²) in [6.45, 7) is 0.375. The van der Waals surface area contributed by atoms with E-state index in [1.54, 1.807) is 18.2 Å². The normalized spacial score (nSPS) is 18.3. The maximum absolute atomic E-state index is 12.6. The molecule has 9 heteroatoms. The van der Waals surface area contributed by atoms with E-state index in [-0.39, 0.29) is 17.5 Å². The Labute approximate surface area is 186 Å². The lowest BCUT2D eigenvalue weighted by Gasteiger charge is -2.34. The fourth-order valence-electron chi connectivity index (χ4n) is 4.59. The lowest BCUT2D eigenvalue weighted by molar-refractivity contribution is -0.133. The Bertz CT molecular complexity index is 878. The van der Waals surface area contributed by atoms with Gasteiger partial charge in [-0.15, -0.1) is 0 Å². The fourth-order valence-corrected chi connectivity index (χ4v) is 4.59. The molecule has 174 valence electrons. The standard InChI is InChI=1S/C23H30F2N4O3/c24-23(25)31-19-9-5-4-8-18(19)22-26-20(32-27-22)16-28-12-14-29(15-13-28)21(30)11-10-17-6-2-1-3-7-17/h4-5,8-9,17,23H,1-3,6-7,10-16H2. The van der Waals surface area contributed by atoms with Gasteiger partial charge in [0.05, 0.1) is 12.1 Å². The highest BCUT2D eigenvalue weighted by atomic mass is 19.3. The van der Waals surface area contributed by atoms with Crippen molar-refractivity contribution in [2.75, 3.05) is 26.2 Å². The number of carbonyl (C=O) groups excluding carboxylic acids is 1. The van der Waals surface area contributed by atoms with Crippen molar-refractivity contribution in [2.24, 2.45) is 5.92 Å². The minimum absolute atomic E-state index is 0.00945. The van der Waals surface area contributed by atoms with E-state index in [1.165, 1.54) is 38.2 Å². The molecule has 1 saturated heterocycles. The Morgan fingerprint density at radius 1 is 1.12 bits per heavy atom. The third kappa shape index (κ3) is 6.03. The van der Waals surface area contributed by atoms with Gasteiger partial charge in [0.1, 0.15) is 5.75 Å². The highest BCUT2D eigenvalue weighted by molar-refractivity contribution is 5.76. The number of rotatable bonds is 8. The van der Waals surface area contributed by atoms with Gasteiger partial charge in [-0.2, -0.15) is 13.8 Å². The molecule has 2 aromatic rings. The highest BCUT2D eigenvalue weighted by Crippen LogP contribution is 2.29. The number of para-hydroxylation sites is 1. The van der Waals surface area contributed by atoms with Crippen molar-refractivity contribution in [1.82, 2.24) is 19.9 Å². The van der Waals surface area contributed by atoms with Crippen molar-refractivity contribution < 1.29 is 22.8 Å². The Morgan fingerprint density at radius 3 is 2.62 bits per heavy atom. The van der Waals surface area contributed by atoms with Crippen molar-refractivity contribution in [1.29, 1.82) is 0 Å². The van der Waals surface area contributed by atoms with E-state index in [0.29, 0.717) is 37.5 Å². The molecule has 2 heterocycles. The molecule has 1 saturated carbocycles. The van der Waals surface area contributed by atoms with Crippen molar-refractivity contribution in [3.8, 4) is 17.1 Å². The quantitative estimate of drug-likeness (QED) is 0.598. The molecule has 32 heavy (non-hydrogen) atoms. The average molecular weight is 449 g/mol. The van der Waals surface area contributed by atoms with E-state index in [1.807, 2.05) is 4.90 Å². The second kappa shape index (κ2) is 10.8. The summed E-state index contributed by atoms with van der Waals surface area (Å²) in [7, 11) is 0. The molecule has 1 aliphatic heterocycles. The average Bonchev–Trinajstić information content (AvgIpc) is 3.27. The molecule has 1 aromatic carbocycles. The minimum atomic E-state index is -2.93. The van der Waals surface area contributed by atoms with Crippen molar-refractivity contribution in [3.05, 3.63) is 30.2 Å². The highest BCUT2D eigenvalue weighted by Gasteiger charge is 2.24. The summed E-state index contributed by atoms with van der Waals surface area (Å²) in [4.78, 5) is 21.0. The van der Waals surface area contributed by atoms with Crippen LogP contribution >= 0.6 is 0 Å². The number of alkyl halides is 2. The van der Waals surface area contributed by atoms with Gasteiger partial charge < -0.3 is 14.2 Å². The topological polar surface area (TPSA) is 71.7 Å². The lowest BCUT2D eigenvalue weighted by Crippen LogP contribution is -2.48. The van der Waals surface area contributed by atoms with Crippen LogP contribution in [0.2, 0.25) is 0 Å². The first-order valence-corrected chi connectivity index (χ1v) is 11.5. The molecule has 7 nitrogen and oxygen atoms in total. The fraction of sp³-hybridized carbons (Fsp3) is 0.609. The predicted molar refractivity (Wildman–Crippen MR) is 114 cm³/mol. The van der Waals surface area contributed by atoms with Gasteiger partial charge in [-0.25, -0.2) is 0 Å². The SMILES string of the molecule is O=C(CCC1CCCCC1)N1CCN(Cc2nc(-c3ccccc3OC(F)F)no2)CC1. The number of piperazine rings is 1. The van der Waals surface area contributed by atoms with Crippen LogP contribution in [-0.2, 0) is 11.3 Å². The molecule has 0 atom stereocenters. The summed E-state index contributed by atoms with van der Waals surface area (Å²) in [6, 6.07) is 6.37. The molecule has 2 aliphatic rings. The summed E-state index contributed by atoms with van der Waals surface area (Å²) in [6.07, 6.45) is 8.15. The molecular formula is C23H30F2N4O3. The third-order valence-corrected chi connectivity index (χ3v) is 6.39. The third-order valence-electron chi connectivity index (χ3n) is 6.39. The van der Waals surface area contributed by atoms with E-state index in [4.69, 9.17) is 4.52 Å². The molecule has 1 amide bonds. The summed E-state index contributed by atoms with van der Waals surface area (Å²) in [5.41, 5.74) is 0.358. The van der Waals surface area contributed by atoms with Crippen LogP contribution in [-0.4, -0.2) is 58.6 Å². The molecule has 0 bridgehead atoms. The summed E-state index contributed by atoms with van der Waals surface area (Å²) in [5, 5.41) is 3.93. The predicted octanol–water partition coefficient (Wildman–Crippen LogP) is 4.34. The van der Waals surface area contributed by atoms with E-state index in [2.05, 4.69) is 19.8 Å². The van der Waals surface area contributed by atoms with Crippen molar-refractivity contribution in [2.45, 2.75) is 58.1 Å². The number of hydrogen-bond donors (Lipinski definition) is 0. The number of ether oxygens (including phenoxy) is 1. The van der Waals surface area contributed by atoms with Crippen LogP contribution in [0.15, 0.2) is 28.8 Å². The number of carbonyl (C=O) groups is 1. The summed E-state index contributed by atoms with van der Waals surface area (Å²) >= 11 is 0. The number of aromatic nitrogens is 2. The van der Waals surface area contributed by atoms with Gasteiger partial charge in [0.15, 0.2) is 0 Å². The molecule has 4 rings (SSSR count). The molecular weight excluding hydrogens is 418 g/mol. The maximum atomic E-state index is 12.6. The zero-order valence-electron chi connectivity index (χ0n) is 18.2. The second-order valence-electron chi connectivity index (χ2n) is 8.59.